The van der Waals surface area contributed by atoms with E-state index in [0.717, 1.165) is 0 Å². The monoisotopic (exact) mass is 303 g/mol. The van der Waals surface area contributed by atoms with Gasteiger partial charge in [-0.25, -0.2) is 4.39 Å². The molecule has 0 saturated heterocycles. The van der Waals surface area contributed by atoms with Crippen LogP contribution in [0.3, 0.4) is 0 Å². The Hall–Kier alpha value is -1.63. The molecule has 0 saturated carbocycles. The van der Waals surface area contributed by atoms with Crippen LogP contribution in [0.2, 0.25) is 0 Å². The largest absolute Gasteiger partial charge is 0.409 e. The first-order valence-corrected chi connectivity index (χ1v) is 5.49. The first kappa shape index (κ1) is 13.4. The summed E-state index contributed by atoms with van der Waals surface area (Å²) in [5.41, 5.74) is 5.18. The van der Waals surface area contributed by atoms with E-state index in [1.165, 1.54) is 25.1 Å². The Morgan fingerprint density at radius 2 is 2.29 bits per heavy atom. The zero-order valence-corrected chi connectivity index (χ0v) is 10.5. The number of nitrogens with one attached hydrogen (secondary N) is 1. The summed E-state index contributed by atoms with van der Waals surface area (Å²) in [6.07, 6.45) is 0. The molecule has 1 unspecified atom stereocenters. The first-order valence-electron chi connectivity index (χ1n) is 4.69. The van der Waals surface area contributed by atoms with Crippen LogP contribution in [0.4, 0.5) is 4.39 Å². The van der Waals surface area contributed by atoms with Gasteiger partial charge >= 0.3 is 0 Å². The summed E-state index contributed by atoms with van der Waals surface area (Å²) in [6, 6.07) is 3.68. The molecular formula is C10H11BrFN3O2. The third-order valence-corrected chi connectivity index (χ3v) is 2.72. The lowest BCUT2D eigenvalue weighted by atomic mass is 10.2. The Bertz CT molecular complexity index is 465. The number of hydrogen-bond donors (Lipinski definition) is 3. The molecule has 1 amide bonds. The maximum Gasteiger partial charge on any atom is 0.254 e. The van der Waals surface area contributed by atoms with Gasteiger partial charge in [0.15, 0.2) is 5.84 Å². The molecule has 0 heterocycles. The SMILES string of the molecule is CC(NC(=O)c1cccc(Br)c1F)/C(N)=N/O. The molecule has 0 bridgehead atoms. The number of nitrogens with zero attached hydrogens (tertiary/aromatic N) is 1. The molecule has 0 aliphatic carbocycles. The van der Waals surface area contributed by atoms with E-state index in [1.807, 2.05) is 0 Å². The van der Waals surface area contributed by atoms with Crippen LogP contribution in [0.5, 0.6) is 0 Å². The van der Waals surface area contributed by atoms with Gasteiger partial charge < -0.3 is 16.3 Å². The highest BCUT2D eigenvalue weighted by Gasteiger charge is 2.17. The molecule has 4 N–H and O–H groups in total. The molecule has 1 rings (SSSR count). The molecule has 5 nitrogen and oxygen atoms in total. The number of carbonyl (C=O) groups is 1. The molecule has 17 heavy (non-hydrogen) atoms. The molecule has 7 heteroatoms. The Balaban J connectivity index is 2.88. The molecule has 0 aromatic heterocycles. The van der Waals surface area contributed by atoms with Crippen molar-refractivity contribution in [2.45, 2.75) is 13.0 Å². The minimum Gasteiger partial charge on any atom is -0.409 e. The highest BCUT2D eigenvalue weighted by atomic mass is 79.9. The molecule has 0 radical (unpaired) electrons. The summed E-state index contributed by atoms with van der Waals surface area (Å²) in [6.45, 7) is 1.52. The van der Waals surface area contributed by atoms with Gasteiger partial charge in [0, 0.05) is 0 Å². The van der Waals surface area contributed by atoms with Crippen molar-refractivity contribution in [1.29, 1.82) is 0 Å². The van der Waals surface area contributed by atoms with Crippen LogP contribution >= 0.6 is 15.9 Å². The first-order chi connectivity index (χ1) is 7.97. The van der Waals surface area contributed by atoms with E-state index >= 15 is 0 Å². The second-order valence-corrected chi connectivity index (χ2v) is 4.18. The minimum atomic E-state index is -0.689. The number of halogens is 2. The Morgan fingerprint density at radius 1 is 1.65 bits per heavy atom. The lowest BCUT2D eigenvalue weighted by Gasteiger charge is -2.12. The van der Waals surface area contributed by atoms with Gasteiger partial charge in [0.1, 0.15) is 5.82 Å². The van der Waals surface area contributed by atoms with Gasteiger partial charge in [-0.2, -0.15) is 0 Å². The fourth-order valence-electron chi connectivity index (χ4n) is 1.11. The summed E-state index contributed by atoms with van der Waals surface area (Å²) < 4.78 is 13.8. The number of nitrogens with two attached hydrogens (primary N) is 1. The smallest absolute Gasteiger partial charge is 0.254 e. The van der Waals surface area contributed by atoms with Gasteiger partial charge in [-0.1, -0.05) is 11.2 Å². The Labute approximate surface area is 106 Å². The molecule has 1 aromatic carbocycles. The van der Waals surface area contributed by atoms with Gasteiger partial charge in [0.25, 0.3) is 5.91 Å². The number of amides is 1. The van der Waals surface area contributed by atoms with E-state index in [0.29, 0.717) is 0 Å². The number of oxime groups is 1. The van der Waals surface area contributed by atoms with Crippen LogP contribution in [0.1, 0.15) is 17.3 Å². The highest BCUT2D eigenvalue weighted by molar-refractivity contribution is 9.10. The predicted molar refractivity (Wildman–Crippen MR) is 64.4 cm³/mol. The van der Waals surface area contributed by atoms with Gasteiger partial charge in [0.2, 0.25) is 0 Å². The number of hydrogen-bond acceptors (Lipinski definition) is 3. The summed E-state index contributed by atoms with van der Waals surface area (Å²) in [5, 5.41) is 13.6. The zero-order chi connectivity index (χ0) is 13.0. The maximum absolute atomic E-state index is 13.6. The molecule has 92 valence electrons. The minimum absolute atomic E-state index is 0.114. The van der Waals surface area contributed by atoms with E-state index in [9.17, 15) is 9.18 Å². The molecule has 0 aliphatic rings. The van der Waals surface area contributed by atoms with Crippen LogP contribution in [-0.2, 0) is 0 Å². The topological polar surface area (TPSA) is 87.7 Å². The second kappa shape index (κ2) is 5.62. The van der Waals surface area contributed by atoms with E-state index in [1.54, 1.807) is 0 Å². The summed E-state index contributed by atoms with van der Waals surface area (Å²) in [7, 11) is 0. The predicted octanol–water partition coefficient (Wildman–Crippen LogP) is 1.45. The summed E-state index contributed by atoms with van der Waals surface area (Å²) in [5.74, 6) is -1.45. The van der Waals surface area contributed by atoms with Crippen LogP contribution in [0.15, 0.2) is 27.8 Å². The van der Waals surface area contributed by atoms with E-state index in [-0.39, 0.29) is 15.9 Å². The molecule has 0 spiro atoms. The van der Waals surface area contributed by atoms with Gasteiger partial charge in [-0.3, -0.25) is 4.79 Å². The van der Waals surface area contributed by atoms with Gasteiger partial charge in [-0.15, -0.1) is 0 Å². The highest BCUT2D eigenvalue weighted by Crippen LogP contribution is 2.18. The second-order valence-electron chi connectivity index (χ2n) is 3.32. The Morgan fingerprint density at radius 3 is 2.88 bits per heavy atom. The normalized spacial score (nSPS) is 13.2. The van der Waals surface area contributed by atoms with Crippen molar-refractivity contribution in [3.05, 3.63) is 34.1 Å². The lowest BCUT2D eigenvalue weighted by Crippen LogP contribution is -2.42. The fourth-order valence-corrected chi connectivity index (χ4v) is 1.48. The van der Waals surface area contributed by atoms with Crippen LogP contribution in [0.25, 0.3) is 0 Å². The van der Waals surface area contributed by atoms with E-state index < -0.39 is 17.8 Å². The average Bonchev–Trinajstić information content (AvgIpc) is 2.31. The zero-order valence-electron chi connectivity index (χ0n) is 8.95. The third kappa shape index (κ3) is 3.16. The molecular weight excluding hydrogens is 293 g/mol. The van der Waals surface area contributed by atoms with Crippen molar-refractivity contribution in [3.63, 3.8) is 0 Å². The summed E-state index contributed by atoms with van der Waals surface area (Å²) >= 11 is 2.98. The molecule has 0 fully saturated rings. The standard InChI is InChI=1S/C10H11BrFN3O2/c1-5(9(13)15-17)14-10(16)6-3-2-4-7(11)8(6)12/h2-5,17H,1H3,(H2,13,15)(H,14,16). The van der Waals surface area contributed by atoms with Crippen LogP contribution < -0.4 is 11.1 Å². The number of benzene rings is 1. The van der Waals surface area contributed by atoms with Crippen molar-refractivity contribution < 1.29 is 14.4 Å². The summed E-state index contributed by atoms with van der Waals surface area (Å²) in [4.78, 5) is 11.7. The lowest BCUT2D eigenvalue weighted by molar-refractivity contribution is 0.0944. The van der Waals surface area contributed by atoms with Crippen molar-refractivity contribution in [2.75, 3.05) is 0 Å². The van der Waals surface area contributed by atoms with Crippen molar-refractivity contribution in [3.8, 4) is 0 Å². The quantitative estimate of drug-likeness (QED) is 0.342. The van der Waals surface area contributed by atoms with E-state index in [2.05, 4.69) is 26.4 Å². The van der Waals surface area contributed by atoms with Crippen molar-refractivity contribution in [2.24, 2.45) is 10.9 Å². The van der Waals surface area contributed by atoms with Crippen LogP contribution in [-0.4, -0.2) is 23.0 Å². The van der Waals surface area contributed by atoms with Gasteiger partial charge in [0.05, 0.1) is 16.1 Å². The Kier molecular flexibility index (Phi) is 4.45. The van der Waals surface area contributed by atoms with Crippen LogP contribution in [0, 0.1) is 5.82 Å². The van der Waals surface area contributed by atoms with Gasteiger partial charge in [-0.05, 0) is 35.0 Å². The fraction of sp³-hybridized carbons (Fsp3) is 0.200. The average molecular weight is 304 g/mol. The van der Waals surface area contributed by atoms with E-state index in [4.69, 9.17) is 10.9 Å². The van der Waals surface area contributed by atoms with Crippen molar-refractivity contribution in [1.82, 2.24) is 5.32 Å². The number of amidine groups is 1. The van der Waals surface area contributed by atoms with Crippen molar-refractivity contribution >= 4 is 27.7 Å². The number of rotatable bonds is 3. The molecule has 1 aromatic rings. The molecule has 0 aliphatic heterocycles. The number of carbonyl (C=O) groups excluding carboxylic acids is 1. The molecule has 1 atom stereocenters. The maximum atomic E-state index is 13.6. The third-order valence-electron chi connectivity index (χ3n) is 2.10.